The van der Waals surface area contributed by atoms with Gasteiger partial charge in [-0.3, -0.25) is 4.79 Å². The van der Waals surface area contributed by atoms with Gasteiger partial charge in [-0.05, 0) is 24.6 Å². The highest BCUT2D eigenvalue weighted by Crippen LogP contribution is 2.36. The maximum absolute atomic E-state index is 11.6. The largest absolute Gasteiger partial charge is 0.456 e. The van der Waals surface area contributed by atoms with Crippen LogP contribution in [0.5, 0.6) is 0 Å². The van der Waals surface area contributed by atoms with Crippen molar-refractivity contribution in [2.24, 2.45) is 0 Å². The molecule has 5 nitrogen and oxygen atoms in total. The smallest absolute Gasteiger partial charge is 0.303 e. The van der Waals surface area contributed by atoms with Gasteiger partial charge in [0.25, 0.3) is 0 Å². The Labute approximate surface area is 163 Å². The maximum atomic E-state index is 11.6. The summed E-state index contributed by atoms with van der Waals surface area (Å²) in [5, 5.41) is 10.9. The first kappa shape index (κ1) is 19.9. The molecule has 0 aromatic heterocycles. The van der Waals surface area contributed by atoms with Gasteiger partial charge in [0.15, 0.2) is 6.10 Å². The minimum Gasteiger partial charge on any atom is -0.456 e. The van der Waals surface area contributed by atoms with Crippen molar-refractivity contribution >= 4 is 17.7 Å². The predicted molar refractivity (Wildman–Crippen MR) is 103 cm³/mol. The molecule has 1 aliphatic rings. The first-order chi connectivity index (χ1) is 13.0. The number of hydrogen-bond acceptors (Lipinski definition) is 6. The van der Waals surface area contributed by atoms with Gasteiger partial charge >= 0.3 is 5.97 Å². The van der Waals surface area contributed by atoms with Crippen LogP contribution in [0.15, 0.2) is 65.6 Å². The number of aliphatic hydroxyl groups excluding tert-OH is 1. The third-order valence-corrected chi connectivity index (χ3v) is 5.49. The number of rotatable bonds is 6. The highest BCUT2D eigenvalue weighted by Gasteiger charge is 2.46. The first-order valence-electron chi connectivity index (χ1n) is 8.92. The van der Waals surface area contributed by atoms with E-state index in [0.29, 0.717) is 6.61 Å². The van der Waals surface area contributed by atoms with Gasteiger partial charge in [-0.2, -0.15) is 0 Å². The van der Waals surface area contributed by atoms with E-state index in [1.54, 1.807) is 0 Å². The van der Waals surface area contributed by atoms with Crippen LogP contribution in [-0.4, -0.2) is 40.9 Å². The second kappa shape index (κ2) is 9.37. The summed E-state index contributed by atoms with van der Waals surface area (Å²) in [7, 11) is 0. The Morgan fingerprint density at radius 1 is 1.07 bits per heavy atom. The molecule has 1 fully saturated rings. The van der Waals surface area contributed by atoms with E-state index in [1.807, 2.05) is 67.6 Å². The van der Waals surface area contributed by atoms with Crippen molar-refractivity contribution in [3.8, 4) is 0 Å². The Hall–Kier alpha value is -1.86. The fourth-order valence-electron chi connectivity index (χ4n) is 3.04. The lowest BCUT2D eigenvalue weighted by Crippen LogP contribution is -2.57. The highest BCUT2D eigenvalue weighted by molar-refractivity contribution is 7.99. The Bertz CT molecular complexity index is 724. The van der Waals surface area contributed by atoms with Crippen LogP contribution in [0.1, 0.15) is 19.4 Å². The van der Waals surface area contributed by atoms with E-state index >= 15 is 0 Å². The summed E-state index contributed by atoms with van der Waals surface area (Å²) < 4.78 is 17.4. The minimum absolute atomic E-state index is 0.347. The van der Waals surface area contributed by atoms with E-state index in [-0.39, 0.29) is 6.10 Å². The molecule has 0 bridgehead atoms. The Balaban J connectivity index is 1.72. The molecular formula is C21H24O5S. The van der Waals surface area contributed by atoms with Crippen molar-refractivity contribution < 1.29 is 24.1 Å². The molecule has 0 saturated carbocycles. The van der Waals surface area contributed by atoms with Gasteiger partial charge in [0.1, 0.15) is 17.6 Å². The molecule has 1 saturated heterocycles. The molecule has 2 aromatic rings. The third kappa shape index (κ3) is 5.32. The van der Waals surface area contributed by atoms with Crippen molar-refractivity contribution in [2.45, 2.75) is 55.2 Å². The standard InChI is InChI=1S/C21H24O5S/c1-14-19(24-13-16-9-5-3-6-10-16)18(23)20(26-15(2)22)21(25-14)27-17-11-7-4-8-12-17/h3-12,14,18-21,23H,13H2,1-2H3/t14-,18+,19-,20+,21-/m0/s1. The molecule has 2 aromatic carbocycles. The summed E-state index contributed by atoms with van der Waals surface area (Å²) in [6.07, 6.45) is -2.74. The number of hydrogen-bond donors (Lipinski definition) is 1. The van der Waals surface area contributed by atoms with E-state index in [2.05, 4.69) is 0 Å². The zero-order valence-corrected chi connectivity index (χ0v) is 16.2. The van der Waals surface area contributed by atoms with Crippen LogP contribution in [0, 0.1) is 0 Å². The summed E-state index contributed by atoms with van der Waals surface area (Å²) in [5.74, 6) is -0.460. The van der Waals surface area contributed by atoms with Gasteiger partial charge in [-0.15, -0.1) is 0 Å². The Kier molecular flexibility index (Phi) is 6.90. The van der Waals surface area contributed by atoms with E-state index in [9.17, 15) is 9.90 Å². The molecule has 5 atom stereocenters. The molecule has 0 radical (unpaired) electrons. The lowest BCUT2D eigenvalue weighted by atomic mass is 10.0. The van der Waals surface area contributed by atoms with Crippen molar-refractivity contribution in [3.63, 3.8) is 0 Å². The number of benzene rings is 2. The third-order valence-electron chi connectivity index (χ3n) is 4.34. The lowest BCUT2D eigenvalue weighted by molar-refractivity contribution is -0.223. The van der Waals surface area contributed by atoms with E-state index in [1.165, 1.54) is 18.7 Å². The van der Waals surface area contributed by atoms with Gasteiger partial charge in [0.2, 0.25) is 0 Å². The van der Waals surface area contributed by atoms with Crippen molar-refractivity contribution in [2.75, 3.05) is 0 Å². The normalized spacial score (nSPS) is 27.9. The molecule has 1 aliphatic heterocycles. The van der Waals surface area contributed by atoms with Gasteiger partial charge in [-0.25, -0.2) is 0 Å². The molecule has 6 heteroatoms. The van der Waals surface area contributed by atoms with Crippen molar-refractivity contribution in [1.82, 2.24) is 0 Å². The summed E-state index contributed by atoms with van der Waals surface area (Å²) in [6.45, 7) is 3.54. The lowest BCUT2D eigenvalue weighted by Gasteiger charge is -2.42. The molecule has 3 rings (SSSR count). The molecule has 1 N–H and O–H groups in total. The molecule has 1 heterocycles. The summed E-state index contributed by atoms with van der Waals surface area (Å²) in [5.41, 5.74) is 0.486. The maximum Gasteiger partial charge on any atom is 0.303 e. The quantitative estimate of drug-likeness (QED) is 0.765. The fourth-order valence-corrected chi connectivity index (χ4v) is 4.20. The Morgan fingerprint density at radius 3 is 2.33 bits per heavy atom. The summed E-state index contributed by atoms with van der Waals surface area (Å²) in [6, 6.07) is 19.4. The molecule has 144 valence electrons. The van der Waals surface area contributed by atoms with E-state index in [0.717, 1.165) is 10.5 Å². The molecule has 27 heavy (non-hydrogen) atoms. The first-order valence-corrected chi connectivity index (χ1v) is 9.80. The molecule has 0 aliphatic carbocycles. The van der Waals surface area contributed by atoms with Crippen LogP contribution in [0.4, 0.5) is 0 Å². The van der Waals surface area contributed by atoms with Crippen LogP contribution in [-0.2, 0) is 25.6 Å². The molecule has 0 amide bonds. The second-order valence-electron chi connectivity index (χ2n) is 6.47. The van der Waals surface area contributed by atoms with Crippen LogP contribution >= 0.6 is 11.8 Å². The van der Waals surface area contributed by atoms with Gasteiger partial charge in [0.05, 0.1) is 12.7 Å². The highest BCUT2D eigenvalue weighted by atomic mass is 32.2. The predicted octanol–water partition coefficient (Wildman–Crippen LogP) is 3.40. The zero-order valence-electron chi connectivity index (χ0n) is 15.4. The number of esters is 1. The molecular weight excluding hydrogens is 364 g/mol. The number of thioether (sulfide) groups is 1. The van der Waals surface area contributed by atoms with Crippen molar-refractivity contribution in [1.29, 1.82) is 0 Å². The topological polar surface area (TPSA) is 65.0 Å². The number of carbonyl (C=O) groups excluding carboxylic acids is 1. The SMILES string of the molecule is CC(=O)O[C@@H]1[C@H](O)[C@@H](OCc2ccccc2)[C@H](C)O[C@H]1Sc1ccccc1. The van der Waals surface area contributed by atoms with Crippen molar-refractivity contribution in [3.05, 3.63) is 66.2 Å². The molecule has 0 spiro atoms. The number of ether oxygens (including phenoxy) is 3. The van der Waals surface area contributed by atoms with E-state index in [4.69, 9.17) is 14.2 Å². The van der Waals surface area contributed by atoms with Gasteiger partial charge in [0, 0.05) is 11.8 Å². The minimum atomic E-state index is -0.984. The van der Waals surface area contributed by atoms with Crippen LogP contribution in [0.3, 0.4) is 0 Å². The van der Waals surface area contributed by atoms with Gasteiger partial charge in [-0.1, -0.05) is 60.3 Å². The molecule has 0 unspecified atom stereocenters. The van der Waals surface area contributed by atoms with Gasteiger partial charge < -0.3 is 19.3 Å². The average molecular weight is 388 g/mol. The summed E-state index contributed by atoms with van der Waals surface area (Å²) >= 11 is 1.42. The van der Waals surface area contributed by atoms with Crippen LogP contribution in [0.25, 0.3) is 0 Å². The van der Waals surface area contributed by atoms with Crippen LogP contribution in [0.2, 0.25) is 0 Å². The van der Waals surface area contributed by atoms with Crippen LogP contribution < -0.4 is 0 Å². The zero-order chi connectivity index (χ0) is 19.2. The number of aliphatic hydroxyl groups is 1. The monoisotopic (exact) mass is 388 g/mol. The average Bonchev–Trinajstić information content (AvgIpc) is 2.66. The number of carbonyl (C=O) groups is 1. The Morgan fingerprint density at radius 2 is 1.70 bits per heavy atom. The fraction of sp³-hybridized carbons (Fsp3) is 0.381. The van der Waals surface area contributed by atoms with E-state index < -0.39 is 29.7 Å². The summed E-state index contributed by atoms with van der Waals surface area (Å²) in [4.78, 5) is 12.6. The second-order valence-corrected chi connectivity index (χ2v) is 7.64.